The van der Waals surface area contributed by atoms with Gasteiger partial charge in [-0.05, 0) is 37.2 Å². The smallest absolute Gasteiger partial charge is 0.191 e. The van der Waals surface area contributed by atoms with Gasteiger partial charge in [0.25, 0.3) is 0 Å². The number of rotatable bonds is 1. The van der Waals surface area contributed by atoms with Crippen molar-refractivity contribution in [2.24, 2.45) is 16.6 Å². The second kappa shape index (κ2) is 6.23. The molecule has 0 spiro atoms. The number of hydrogen-bond donors (Lipinski definition) is 1. The number of benzene rings is 1. The van der Waals surface area contributed by atoms with Crippen molar-refractivity contribution in [3.8, 4) is 18.2 Å². The largest absolute Gasteiger partial charge is 0.399 e. The first-order chi connectivity index (χ1) is 12.7. The first-order valence-electron chi connectivity index (χ1n) is 8.66. The summed E-state index contributed by atoms with van der Waals surface area (Å²) >= 11 is 0. The summed E-state index contributed by atoms with van der Waals surface area (Å²) in [5.74, 6) is -1.04. The van der Waals surface area contributed by atoms with Crippen LogP contribution in [0.4, 0.5) is 4.39 Å². The molecule has 136 valence electrons. The zero-order valence-electron chi connectivity index (χ0n) is 15.5. The van der Waals surface area contributed by atoms with E-state index in [1.165, 1.54) is 12.1 Å². The van der Waals surface area contributed by atoms with E-state index in [2.05, 4.69) is 23.1 Å². The molecule has 2 aliphatic rings. The van der Waals surface area contributed by atoms with Crippen molar-refractivity contribution in [1.29, 1.82) is 15.8 Å². The third-order valence-corrected chi connectivity index (χ3v) is 6.00. The van der Waals surface area contributed by atoms with E-state index >= 15 is 0 Å². The molecule has 1 aromatic carbocycles. The molecule has 1 aliphatic carbocycles. The second-order valence-corrected chi connectivity index (χ2v) is 7.57. The van der Waals surface area contributed by atoms with Crippen molar-refractivity contribution in [2.45, 2.75) is 25.8 Å². The minimum absolute atomic E-state index is 0.0233. The van der Waals surface area contributed by atoms with E-state index in [-0.39, 0.29) is 17.3 Å². The van der Waals surface area contributed by atoms with Crippen molar-refractivity contribution in [2.75, 3.05) is 13.6 Å². The normalized spacial score (nSPS) is 29.7. The summed E-state index contributed by atoms with van der Waals surface area (Å²) in [6.07, 6.45) is 1.98. The Morgan fingerprint density at radius 2 is 1.78 bits per heavy atom. The molecule has 27 heavy (non-hydrogen) atoms. The van der Waals surface area contributed by atoms with Gasteiger partial charge in [0, 0.05) is 23.9 Å². The van der Waals surface area contributed by atoms with Crippen LogP contribution in [0.25, 0.3) is 0 Å². The summed E-state index contributed by atoms with van der Waals surface area (Å²) in [6, 6.07) is 12.2. The van der Waals surface area contributed by atoms with E-state index < -0.39 is 22.6 Å². The topological polar surface area (TPSA) is 101 Å². The van der Waals surface area contributed by atoms with E-state index in [1.54, 1.807) is 12.1 Å². The molecule has 2 N–H and O–H groups in total. The molecule has 1 aliphatic heterocycles. The average molecular weight is 361 g/mol. The summed E-state index contributed by atoms with van der Waals surface area (Å²) < 4.78 is 13.5. The van der Waals surface area contributed by atoms with Gasteiger partial charge >= 0.3 is 0 Å². The van der Waals surface area contributed by atoms with Crippen molar-refractivity contribution in [3.63, 3.8) is 0 Å². The molecule has 0 unspecified atom stereocenters. The molecule has 0 radical (unpaired) electrons. The number of halogens is 1. The van der Waals surface area contributed by atoms with Gasteiger partial charge in [-0.15, -0.1) is 0 Å². The van der Waals surface area contributed by atoms with Crippen LogP contribution in [0.2, 0.25) is 0 Å². The molecular formula is C21H20FN5. The zero-order valence-corrected chi connectivity index (χ0v) is 15.5. The molecule has 0 fully saturated rings. The Balaban J connectivity index is 2.42. The van der Waals surface area contributed by atoms with Gasteiger partial charge in [-0.1, -0.05) is 25.1 Å². The molecule has 0 saturated carbocycles. The Bertz CT molecular complexity index is 956. The minimum atomic E-state index is -1.71. The van der Waals surface area contributed by atoms with E-state index in [0.29, 0.717) is 12.1 Å². The van der Waals surface area contributed by atoms with Crippen molar-refractivity contribution in [3.05, 3.63) is 58.6 Å². The molecule has 3 rings (SSSR count). The third kappa shape index (κ3) is 2.44. The molecule has 0 saturated heterocycles. The average Bonchev–Trinajstić information content (AvgIpc) is 2.65. The highest BCUT2D eigenvalue weighted by molar-refractivity contribution is 5.61. The number of fused-ring (bicyclic) bond motifs is 1. The van der Waals surface area contributed by atoms with Gasteiger partial charge in [0.05, 0.1) is 23.4 Å². The molecule has 5 nitrogen and oxygen atoms in total. The quantitative estimate of drug-likeness (QED) is 0.829. The fourth-order valence-electron chi connectivity index (χ4n) is 4.57. The molecular weight excluding hydrogens is 341 g/mol. The SMILES string of the molecule is C[C@H]1C=C2C(C#N)=C(N)C(C#N)(C#N)[C@@H](c3ccc(F)cc3)[C@@]2(C)CN1C. The van der Waals surface area contributed by atoms with Gasteiger partial charge in [-0.2, -0.15) is 15.8 Å². The Morgan fingerprint density at radius 3 is 2.30 bits per heavy atom. The Morgan fingerprint density at radius 1 is 1.19 bits per heavy atom. The first kappa shape index (κ1) is 18.6. The highest BCUT2D eigenvalue weighted by atomic mass is 19.1. The summed E-state index contributed by atoms with van der Waals surface area (Å²) in [5, 5.41) is 29.8. The summed E-state index contributed by atoms with van der Waals surface area (Å²) in [6.45, 7) is 4.50. The van der Waals surface area contributed by atoms with Gasteiger partial charge < -0.3 is 5.73 Å². The maximum absolute atomic E-state index is 13.5. The summed E-state index contributed by atoms with van der Waals surface area (Å²) in [4.78, 5) is 2.11. The van der Waals surface area contributed by atoms with Crippen LogP contribution in [0.5, 0.6) is 0 Å². The van der Waals surface area contributed by atoms with Gasteiger partial charge in [0.2, 0.25) is 0 Å². The number of nitrogens with zero attached hydrogens (tertiary/aromatic N) is 4. The van der Waals surface area contributed by atoms with Crippen LogP contribution in [0.15, 0.2) is 47.2 Å². The maximum atomic E-state index is 13.5. The third-order valence-electron chi connectivity index (χ3n) is 6.00. The van der Waals surface area contributed by atoms with Gasteiger partial charge in [0.15, 0.2) is 5.41 Å². The van der Waals surface area contributed by atoms with Crippen molar-refractivity contribution >= 4 is 0 Å². The molecule has 0 bridgehead atoms. The summed E-state index contributed by atoms with van der Waals surface area (Å²) in [5.41, 5.74) is 5.44. The lowest BCUT2D eigenvalue weighted by atomic mass is 9.51. The van der Waals surface area contributed by atoms with Crippen LogP contribution < -0.4 is 5.73 Å². The Labute approximate surface area is 158 Å². The van der Waals surface area contributed by atoms with Crippen molar-refractivity contribution < 1.29 is 4.39 Å². The molecule has 1 heterocycles. The van der Waals surface area contributed by atoms with E-state index in [0.717, 1.165) is 5.57 Å². The number of likely N-dealkylation sites (N-methyl/N-ethyl adjacent to an activating group) is 1. The standard InChI is InChI=1S/C21H20FN5/c1-13-8-17-16(9-23)19(26)21(10-24,11-25)18(20(17,2)12-27(13)3)14-4-6-15(22)7-5-14/h4-8,13,18H,12,26H2,1-3H3/t13-,18-,20-/m0/s1. The lowest BCUT2D eigenvalue weighted by Crippen LogP contribution is -2.54. The summed E-state index contributed by atoms with van der Waals surface area (Å²) in [7, 11) is 1.96. The van der Waals surface area contributed by atoms with Gasteiger partial charge in [-0.25, -0.2) is 4.39 Å². The molecule has 0 amide bonds. The number of hydrogen-bond acceptors (Lipinski definition) is 5. The van der Waals surface area contributed by atoms with Crippen LogP contribution >= 0.6 is 0 Å². The number of nitriles is 3. The van der Waals surface area contributed by atoms with E-state index in [9.17, 15) is 20.2 Å². The highest BCUT2D eigenvalue weighted by Gasteiger charge is 2.60. The maximum Gasteiger partial charge on any atom is 0.191 e. The Hall–Kier alpha value is -3.14. The minimum Gasteiger partial charge on any atom is -0.399 e. The molecule has 3 atom stereocenters. The van der Waals surface area contributed by atoms with Crippen LogP contribution in [-0.2, 0) is 0 Å². The predicted molar refractivity (Wildman–Crippen MR) is 97.9 cm³/mol. The van der Waals surface area contributed by atoms with E-state index in [1.807, 2.05) is 27.0 Å². The second-order valence-electron chi connectivity index (χ2n) is 7.57. The van der Waals surface area contributed by atoms with Gasteiger partial charge in [0.1, 0.15) is 11.9 Å². The zero-order chi connectivity index (χ0) is 20.0. The Kier molecular flexibility index (Phi) is 4.31. The monoisotopic (exact) mass is 361 g/mol. The van der Waals surface area contributed by atoms with E-state index in [4.69, 9.17) is 5.73 Å². The first-order valence-corrected chi connectivity index (χ1v) is 8.66. The molecule has 6 heteroatoms. The highest BCUT2D eigenvalue weighted by Crippen LogP contribution is 2.60. The van der Waals surface area contributed by atoms with Crippen LogP contribution in [-0.4, -0.2) is 24.5 Å². The predicted octanol–water partition coefficient (Wildman–Crippen LogP) is 2.96. The fraction of sp³-hybridized carbons (Fsp3) is 0.381. The van der Waals surface area contributed by atoms with Crippen LogP contribution in [0.1, 0.15) is 25.3 Å². The van der Waals surface area contributed by atoms with Gasteiger partial charge in [-0.3, -0.25) is 4.90 Å². The molecule has 1 aromatic rings. The fourth-order valence-corrected chi connectivity index (χ4v) is 4.57. The molecule has 0 aromatic heterocycles. The van der Waals surface area contributed by atoms with Crippen molar-refractivity contribution in [1.82, 2.24) is 4.90 Å². The van der Waals surface area contributed by atoms with Crippen LogP contribution in [0, 0.1) is 50.6 Å². The lowest BCUT2D eigenvalue weighted by molar-refractivity contribution is 0.124. The van der Waals surface area contributed by atoms with Crippen LogP contribution in [0.3, 0.4) is 0 Å². The number of allylic oxidation sites excluding steroid dienone is 2. The number of nitrogens with two attached hydrogens (primary N) is 1. The lowest BCUT2D eigenvalue weighted by Gasteiger charge is -2.53.